The first kappa shape index (κ1) is 14.9. The average Bonchev–Trinajstić information content (AvgIpc) is 2.67. The van der Waals surface area contributed by atoms with Crippen molar-refractivity contribution in [2.75, 3.05) is 14.2 Å². The normalized spacial score (nSPS) is 11.8. The van der Waals surface area contributed by atoms with Crippen LogP contribution in [0.5, 0.6) is 0 Å². The molecule has 0 saturated heterocycles. The van der Waals surface area contributed by atoms with E-state index in [1.54, 1.807) is 0 Å². The standard InChI is InChI=1S/C22H14O4/c1-25-21(23)19-17-13-9-5-3-7-11(13)15(17)16-12-8-4-6-10-14(12)18(16)20(19)22(24)26-2/h3-10H,1-2H3. The van der Waals surface area contributed by atoms with Gasteiger partial charge in [0.1, 0.15) is 0 Å². The van der Waals surface area contributed by atoms with Gasteiger partial charge in [-0.25, -0.2) is 9.59 Å². The molecular formula is C22H14O4. The van der Waals surface area contributed by atoms with E-state index in [-0.39, 0.29) is 0 Å². The van der Waals surface area contributed by atoms with E-state index in [0.717, 1.165) is 43.1 Å². The highest BCUT2D eigenvalue weighted by Gasteiger charge is 2.32. The molecule has 0 aliphatic rings. The Bertz CT molecular complexity index is 1230. The molecule has 0 saturated carbocycles. The summed E-state index contributed by atoms with van der Waals surface area (Å²) in [6.45, 7) is 0. The molecular weight excluding hydrogens is 328 g/mol. The molecule has 0 aliphatic heterocycles. The molecule has 0 amide bonds. The molecule has 0 spiro atoms. The molecule has 0 N–H and O–H groups in total. The number of fused-ring (bicyclic) bond motifs is 9. The van der Waals surface area contributed by atoms with Crippen molar-refractivity contribution in [2.45, 2.75) is 0 Å². The van der Waals surface area contributed by atoms with Crippen molar-refractivity contribution in [3.8, 4) is 0 Å². The smallest absolute Gasteiger partial charge is 0.339 e. The fourth-order valence-corrected chi connectivity index (χ4v) is 4.15. The predicted molar refractivity (Wildman–Crippen MR) is 102 cm³/mol. The van der Waals surface area contributed by atoms with Crippen LogP contribution in [0.25, 0.3) is 43.1 Å². The van der Waals surface area contributed by atoms with Crippen molar-refractivity contribution in [1.82, 2.24) is 0 Å². The first-order chi connectivity index (χ1) is 12.7. The largest absolute Gasteiger partial charge is 0.465 e. The van der Waals surface area contributed by atoms with Gasteiger partial charge >= 0.3 is 11.9 Å². The Labute approximate surface area is 148 Å². The third-order valence-corrected chi connectivity index (χ3v) is 5.21. The van der Waals surface area contributed by atoms with Gasteiger partial charge in [-0.05, 0) is 32.3 Å². The molecule has 126 valence electrons. The summed E-state index contributed by atoms with van der Waals surface area (Å²) in [4.78, 5) is 25.3. The molecule has 0 radical (unpaired) electrons. The summed E-state index contributed by atoms with van der Waals surface area (Å²) >= 11 is 0. The second kappa shape index (κ2) is 5.05. The van der Waals surface area contributed by atoms with Gasteiger partial charge in [0.05, 0.1) is 25.3 Å². The van der Waals surface area contributed by atoms with E-state index in [0.29, 0.717) is 11.1 Å². The highest BCUT2D eigenvalue weighted by atomic mass is 16.5. The lowest BCUT2D eigenvalue weighted by molar-refractivity contribution is 0.0559. The number of carbonyl (C=O) groups excluding carboxylic acids is 2. The molecule has 4 heteroatoms. The molecule has 0 atom stereocenters. The van der Waals surface area contributed by atoms with Gasteiger partial charge in [0.2, 0.25) is 0 Å². The quantitative estimate of drug-likeness (QED) is 0.435. The molecule has 26 heavy (non-hydrogen) atoms. The minimum absolute atomic E-state index is 0.293. The number of hydrogen-bond acceptors (Lipinski definition) is 4. The molecule has 0 heterocycles. The summed E-state index contributed by atoms with van der Waals surface area (Å²) in [6.07, 6.45) is 0. The van der Waals surface area contributed by atoms with Crippen LogP contribution >= 0.6 is 0 Å². The Morgan fingerprint density at radius 2 is 0.885 bits per heavy atom. The molecule has 0 unspecified atom stereocenters. The van der Waals surface area contributed by atoms with Crippen LogP contribution in [-0.4, -0.2) is 26.2 Å². The van der Waals surface area contributed by atoms with E-state index in [9.17, 15) is 9.59 Å². The van der Waals surface area contributed by atoms with E-state index in [1.165, 1.54) is 14.2 Å². The first-order valence-corrected chi connectivity index (χ1v) is 8.29. The third-order valence-electron chi connectivity index (χ3n) is 5.21. The maximum absolute atomic E-state index is 12.6. The molecule has 0 bridgehead atoms. The first-order valence-electron chi connectivity index (χ1n) is 8.29. The van der Waals surface area contributed by atoms with Crippen molar-refractivity contribution in [2.24, 2.45) is 0 Å². The predicted octanol–water partition coefficient (Wildman–Crippen LogP) is 4.75. The maximum Gasteiger partial charge on any atom is 0.339 e. The molecule has 0 aromatic heterocycles. The van der Waals surface area contributed by atoms with Gasteiger partial charge in [-0.1, -0.05) is 48.5 Å². The van der Waals surface area contributed by atoms with E-state index >= 15 is 0 Å². The zero-order valence-corrected chi connectivity index (χ0v) is 14.3. The lowest BCUT2D eigenvalue weighted by atomic mass is 9.78. The zero-order valence-electron chi connectivity index (χ0n) is 14.3. The Kier molecular flexibility index (Phi) is 2.89. The number of methoxy groups -OCH3 is 2. The summed E-state index contributed by atoms with van der Waals surface area (Å²) in [7, 11) is 2.65. The SMILES string of the molecule is COC(=O)c1c(C(=O)OC)c2c3ccccc3c2c2c3ccccc3c12. The van der Waals surface area contributed by atoms with Gasteiger partial charge in [-0.2, -0.15) is 0 Å². The van der Waals surface area contributed by atoms with Gasteiger partial charge < -0.3 is 9.47 Å². The van der Waals surface area contributed by atoms with E-state index in [1.807, 2.05) is 48.5 Å². The Morgan fingerprint density at radius 1 is 0.577 bits per heavy atom. The summed E-state index contributed by atoms with van der Waals surface area (Å²) in [6, 6.07) is 15.8. The van der Waals surface area contributed by atoms with Crippen LogP contribution in [0.15, 0.2) is 48.5 Å². The number of ether oxygens (including phenoxy) is 2. The highest BCUT2D eigenvalue weighted by molar-refractivity contribution is 6.48. The molecule has 0 aliphatic carbocycles. The van der Waals surface area contributed by atoms with E-state index in [4.69, 9.17) is 9.47 Å². The van der Waals surface area contributed by atoms with Crippen molar-refractivity contribution in [1.29, 1.82) is 0 Å². The van der Waals surface area contributed by atoms with Crippen molar-refractivity contribution >= 4 is 55.0 Å². The molecule has 5 aromatic rings. The Morgan fingerprint density at radius 3 is 1.19 bits per heavy atom. The number of rotatable bonds is 2. The Balaban J connectivity index is 2.10. The monoisotopic (exact) mass is 342 g/mol. The lowest BCUT2D eigenvalue weighted by Gasteiger charge is -2.24. The fraction of sp³-hybridized carbons (Fsp3) is 0.0909. The Hall–Kier alpha value is -3.40. The third kappa shape index (κ3) is 1.59. The summed E-state index contributed by atoms with van der Waals surface area (Å²) < 4.78 is 10.0. The van der Waals surface area contributed by atoms with E-state index < -0.39 is 11.9 Å². The van der Waals surface area contributed by atoms with Gasteiger partial charge in [0, 0.05) is 10.8 Å². The summed E-state index contributed by atoms with van der Waals surface area (Å²) in [5.41, 5.74) is 0.586. The maximum atomic E-state index is 12.6. The average molecular weight is 342 g/mol. The molecule has 5 rings (SSSR count). The molecule has 4 nitrogen and oxygen atoms in total. The van der Waals surface area contributed by atoms with Crippen LogP contribution in [0.2, 0.25) is 0 Å². The second-order valence-corrected chi connectivity index (χ2v) is 6.32. The molecule has 5 aromatic carbocycles. The topological polar surface area (TPSA) is 52.6 Å². The highest BCUT2D eigenvalue weighted by Crippen LogP contribution is 2.50. The number of esters is 2. The molecule has 0 fully saturated rings. The number of hydrogen-bond donors (Lipinski definition) is 0. The number of carbonyl (C=O) groups is 2. The van der Waals surface area contributed by atoms with Crippen molar-refractivity contribution in [3.05, 3.63) is 59.7 Å². The zero-order chi connectivity index (χ0) is 18.0. The minimum atomic E-state index is -0.525. The van der Waals surface area contributed by atoms with Gasteiger partial charge in [-0.15, -0.1) is 0 Å². The fourth-order valence-electron chi connectivity index (χ4n) is 4.15. The van der Waals surface area contributed by atoms with Crippen molar-refractivity contribution < 1.29 is 19.1 Å². The summed E-state index contributed by atoms with van der Waals surface area (Å²) in [5.74, 6) is -1.05. The minimum Gasteiger partial charge on any atom is -0.465 e. The van der Waals surface area contributed by atoms with Crippen LogP contribution in [0.4, 0.5) is 0 Å². The van der Waals surface area contributed by atoms with Gasteiger partial charge in [0.25, 0.3) is 0 Å². The van der Waals surface area contributed by atoms with Gasteiger partial charge in [-0.3, -0.25) is 0 Å². The van der Waals surface area contributed by atoms with Crippen LogP contribution in [0, 0.1) is 0 Å². The van der Waals surface area contributed by atoms with E-state index in [2.05, 4.69) is 0 Å². The van der Waals surface area contributed by atoms with Crippen molar-refractivity contribution in [3.63, 3.8) is 0 Å². The van der Waals surface area contributed by atoms with Crippen LogP contribution in [0.1, 0.15) is 20.7 Å². The number of benzene rings is 3. The van der Waals surface area contributed by atoms with Crippen LogP contribution < -0.4 is 0 Å². The summed E-state index contributed by atoms with van der Waals surface area (Å²) in [5, 5.41) is 7.69. The second-order valence-electron chi connectivity index (χ2n) is 6.32. The lowest BCUT2D eigenvalue weighted by Crippen LogP contribution is -2.15. The van der Waals surface area contributed by atoms with Crippen LogP contribution in [-0.2, 0) is 9.47 Å². The van der Waals surface area contributed by atoms with Gasteiger partial charge in [0.15, 0.2) is 0 Å². The van der Waals surface area contributed by atoms with Crippen LogP contribution in [0.3, 0.4) is 0 Å².